The predicted octanol–water partition coefficient (Wildman–Crippen LogP) is 2.23. The van der Waals surface area contributed by atoms with E-state index in [4.69, 9.17) is 11.6 Å². The van der Waals surface area contributed by atoms with Crippen molar-refractivity contribution < 1.29 is 4.79 Å². The Bertz CT molecular complexity index is 573. The SMILES string of the molecule is CN1CCN(C(=O)[C@H]2Cc3cc(Cl)ccc3N2)CC1(C)C. The van der Waals surface area contributed by atoms with Crippen LogP contribution in [0.4, 0.5) is 5.69 Å². The van der Waals surface area contributed by atoms with Crippen LogP contribution in [0.25, 0.3) is 0 Å². The lowest BCUT2D eigenvalue weighted by Crippen LogP contribution is -2.60. The van der Waals surface area contributed by atoms with Crippen molar-refractivity contribution in [2.24, 2.45) is 0 Å². The highest BCUT2D eigenvalue weighted by Crippen LogP contribution is 2.30. The molecule has 4 nitrogen and oxygen atoms in total. The second-order valence-electron chi connectivity index (χ2n) is 6.70. The van der Waals surface area contributed by atoms with Gasteiger partial charge in [-0.2, -0.15) is 0 Å². The number of carbonyl (C=O) groups excluding carboxylic acids is 1. The molecule has 1 aromatic rings. The van der Waals surface area contributed by atoms with Crippen LogP contribution in [0.2, 0.25) is 5.02 Å². The molecule has 0 spiro atoms. The minimum atomic E-state index is -0.155. The molecule has 1 N–H and O–H groups in total. The Labute approximate surface area is 131 Å². The third kappa shape index (κ3) is 2.74. The van der Waals surface area contributed by atoms with Gasteiger partial charge in [-0.05, 0) is 44.7 Å². The smallest absolute Gasteiger partial charge is 0.245 e. The second kappa shape index (κ2) is 5.18. The standard InChI is InChI=1S/C16H22ClN3O/c1-16(2)10-20(7-6-19(16)3)15(21)14-9-11-8-12(17)4-5-13(11)18-14/h4-5,8,14,18H,6-7,9-10H2,1-3H3/t14-/m1/s1. The molecule has 2 aliphatic heterocycles. The van der Waals surface area contributed by atoms with Crippen LogP contribution in [-0.2, 0) is 11.2 Å². The summed E-state index contributed by atoms with van der Waals surface area (Å²) in [5.41, 5.74) is 2.20. The van der Waals surface area contributed by atoms with Gasteiger partial charge in [0, 0.05) is 42.3 Å². The number of rotatable bonds is 1. The molecule has 1 saturated heterocycles. The van der Waals surface area contributed by atoms with Gasteiger partial charge in [-0.1, -0.05) is 11.6 Å². The summed E-state index contributed by atoms with van der Waals surface area (Å²) in [6.45, 7) is 6.86. The fourth-order valence-electron chi connectivity index (χ4n) is 3.13. The summed E-state index contributed by atoms with van der Waals surface area (Å²) in [4.78, 5) is 17.1. The van der Waals surface area contributed by atoms with Crippen molar-refractivity contribution in [2.75, 3.05) is 32.0 Å². The normalized spacial score (nSPS) is 24.6. The maximum atomic E-state index is 12.8. The second-order valence-corrected chi connectivity index (χ2v) is 7.13. The Morgan fingerprint density at radius 2 is 2.14 bits per heavy atom. The first-order valence-corrected chi connectivity index (χ1v) is 7.79. The number of carbonyl (C=O) groups is 1. The molecule has 1 fully saturated rings. The monoisotopic (exact) mass is 307 g/mol. The number of nitrogens with one attached hydrogen (secondary N) is 1. The zero-order chi connectivity index (χ0) is 15.2. The third-order valence-corrected chi connectivity index (χ3v) is 4.98. The van der Waals surface area contributed by atoms with Gasteiger partial charge >= 0.3 is 0 Å². The zero-order valence-electron chi connectivity index (χ0n) is 12.8. The fraction of sp³-hybridized carbons (Fsp3) is 0.562. The summed E-state index contributed by atoms with van der Waals surface area (Å²) in [5, 5.41) is 4.06. The van der Waals surface area contributed by atoms with Gasteiger partial charge in [-0.3, -0.25) is 9.69 Å². The van der Waals surface area contributed by atoms with Gasteiger partial charge in [0.15, 0.2) is 0 Å². The zero-order valence-corrected chi connectivity index (χ0v) is 13.6. The van der Waals surface area contributed by atoms with Crippen LogP contribution in [0.5, 0.6) is 0 Å². The molecule has 0 unspecified atom stereocenters. The average molecular weight is 308 g/mol. The Morgan fingerprint density at radius 1 is 1.38 bits per heavy atom. The number of hydrogen-bond acceptors (Lipinski definition) is 3. The number of amides is 1. The summed E-state index contributed by atoms with van der Waals surface area (Å²) in [5.74, 6) is 0.198. The van der Waals surface area contributed by atoms with Crippen molar-refractivity contribution in [3.05, 3.63) is 28.8 Å². The molecule has 1 aromatic carbocycles. The van der Waals surface area contributed by atoms with E-state index < -0.39 is 0 Å². The number of nitrogens with zero attached hydrogens (tertiary/aromatic N) is 2. The van der Waals surface area contributed by atoms with Gasteiger partial charge in [0.25, 0.3) is 0 Å². The topological polar surface area (TPSA) is 35.6 Å². The summed E-state index contributed by atoms with van der Waals surface area (Å²) in [6.07, 6.45) is 0.724. The van der Waals surface area contributed by atoms with E-state index in [2.05, 4.69) is 31.1 Å². The molecular formula is C16H22ClN3O. The number of piperazine rings is 1. The van der Waals surface area contributed by atoms with Crippen LogP contribution in [0.1, 0.15) is 19.4 Å². The average Bonchev–Trinajstić information content (AvgIpc) is 2.83. The molecule has 5 heteroatoms. The number of halogens is 1. The molecular weight excluding hydrogens is 286 g/mol. The molecule has 114 valence electrons. The first-order chi connectivity index (χ1) is 9.87. The lowest BCUT2D eigenvalue weighted by molar-refractivity contribution is -0.136. The van der Waals surface area contributed by atoms with Gasteiger partial charge < -0.3 is 10.2 Å². The molecule has 0 radical (unpaired) electrons. The van der Waals surface area contributed by atoms with E-state index >= 15 is 0 Å². The summed E-state index contributed by atoms with van der Waals surface area (Å²) in [6, 6.07) is 5.61. The molecule has 21 heavy (non-hydrogen) atoms. The summed E-state index contributed by atoms with van der Waals surface area (Å²) >= 11 is 6.02. The Hall–Kier alpha value is -1.26. The highest BCUT2D eigenvalue weighted by atomic mass is 35.5. The number of anilines is 1. The molecule has 3 rings (SSSR count). The molecule has 2 aliphatic rings. The largest absolute Gasteiger partial charge is 0.373 e. The quantitative estimate of drug-likeness (QED) is 0.864. The number of fused-ring (bicyclic) bond motifs is 1. The lowest BCUT2D eigenvalue weighted by Gasteiger charge is -2.45. The molecule has 1 amide bonds. The van der Waals surface area contributed by atoms with Crippen molar-refractivity contribution in [1.82, 2.24) is 9.80 Å². The molecule has 0 saturated carbocycles. The number of benzene rings is 1. The first-order valence-electron chi connectivity index (χ1n) is 7.42. The van der Waals surface area contributed by atoms with Crippen LogP contribution in [-0.4, -0.2) is 54.0 Å². The maximum absolute atomic E-state index is 12.8. The molecule has 0 aromatic heterocycles. The van der Waals surface area contributed by atoms with Gasteiger partial charge in [0.2, 0.25) is 5.91 Å². The number of hydrogen-bond donors (Lipinski definition) is 1. The third-order valence-electron chi connectivity index (χ3n) is 4.75. The molecule has 0 aliphatic carbocycles. The van der Waals surface area contributed by atoms with E-state index in [1.165, 1.54) is 0 Å². The van der Waals surface area contributed by atoms with E-state index in [9.17, 15) is 4.79 Å². The van der Waals surface area contributed by atoms with E-state index in [0.717, 1.165) is 42.3 Å². The maximum Gasteiger partial charge on any atom is 0.245 e. The van der Waals surface area contributed by atoms with E-state index in [-0.39, 0.29) is 17.5 Å². The summed E-state index contributed by atoms with van der Waals surface area (Å²) in [7, 11) is 2.12. The van der Waals surface area contributed by atoms with Crippen molar-refractivity contribution >= 4 is 23.2 Å². The van der Waals surface area contributed by atoms with E-state index in [1.54, 1.807) is 0 Å². The molecule has 2 heterocycles. The van der Waals surface area contributed by atoms with Gasteiger partial charge in [0.05, 0.1) is 0 Å². The van der Waals surface area contributed by atoms with Gasteiger partial charge in [0.1, 0.15) is 6.04 Å². The lowest BCUT2D eigenvalue weighted by atomic mass is 9.99. The van der Waals surface area contributed by atoms with Crippen LogP contribution >= 0.6 is 11.6 Å². The van der Waals surface area contributed by atoms with Gasteiger partial charge in [-0.25, -0.2) is 0 Å². The Kier molecular flexibility index (Phi) is 3.62. The minimum absolute atomic E-state index is 0.0304. The Balaban J connectivity index is 1.71. The predicted molar refractivity (Wildman–Crippen MR) is 85.9 cm³/mol. The van der Waals surface area contributed by atoms with Crippen LogP contribution in [0, 0.1) is 0 Å². The minimum Gasteiger partial charge on any atom is -0.373 e. The highest BCUT2D eigenvalue weighted by molar-refractivity contribution is 6.30. The van der Waals surface area contributed by atoms with Crippen LogP contribution in [0.3, 0.4) is 0 Å². The van der Waals surface area contributed by atoms with Crippen molar-refractivity contribution in [3.63, 3.8) is 0 Å². The summed E-state index contributed by atoms with van der Waals surface area (Å²) < 4.78 is 0. The molecule has 0 bridgehead atoms. The van der Waals surface area contributed by atoms with Crippen LogP contribution in [0.15, 0.2) is 18.2 Å². The van der Waals surface area contributed by atoms with Gasteiger partial charge in [-0.15, -0.1) is 0 Å². The van der Waals surface area contributed by atoms with Crippen molar-refractivity contribution in [3.8, 4) is 0 Å². The fourth-order valence-corrected chi connectivity index (χ4v) is 3.32. The Morgan fingerprint density at radius 3 is 2.86 bits per heavy atom. The van der Waals surface area contributed by atoms with E-state index in [1.807, 2.05) is 23.1 Å². The van der Waals surface area contributed by atoms with Crippen molar-refractivity contribution in [1.29, 1.82) is 0 Å². The van der Waals surface area contributed by atoms with Crippen molar-refractivity contribution in [2.45, 2.75) is 31.8 Å². The van der Waals surface area contributed by atoms with E-state index in [0.29, 0.717) is 0 Å². The van der Waals surface area contributed by atoms with Crippen LogP contribution < -0.4 is 5.32 Å². The highest BCUT2D eigenvalue weighted by Gasteiger charge is 2.37. The first kappa shape index (κ1) is 14.7. The number of likely N-dealkylation sites (N-methyl/N-ethyl adjacent to an activating group) is 1. The molecule has 1 atom stereocenters.